The normalized spacial score (nSPS) is 11.7. The van der Waals surface area contributed by atoms with Crippen molar-refractivity contribution in [3.63, 3.8) is 0 Å². The molecule has 0 spiro atoms. The standard InChI is InChI=1S/C24H28FN5O/c1-3-29(4-2)23-12-7-19(16-28-23)17-30(21-10-8-20(25)9-11-21)24(31)22(26)14-18-6-5-13-27-15-18/h5-13,15-16,22H,3-4,14,17,26H2,1-2H3/t22-/m0/s1. The van der Waals surface area contributed by atoms with Gasteiger partial charge in [-0.15, -0.1) is 0 Å². The van der Waals surface area contributed by atoms with Crippen molar-refractivity contribution in [3.8, 4) is 0 Å². The maximum absolute atomic E-state index is 13.5. The third-order valence-corrected chi connectivity index (χ3v) is 5.14. The van der Waals surface area contributed by atoms with Crippen LogP contribution in [0.1, 0.15) is 25.0 Å². The molecule has 0 fully saturated rings. The van der Waals surface area contributed by atoms with Crippen LogP contribution < -0.4 is 15.5 Å². The summed E-state index contributed by atoms with van der Waals surface area (Å²) in [6.07, 6.45) is 5.51. The van der Waals surface area contributed by atoms with Gasteiger partial charge in [-0.3, -0.25) is 9.78 Å². The summed E-state index contributed by atoms with van der Waals surface area (Å²) in [6.45, 7) is 6.19. The van der Waals surface area contributed by atoms with E-state index < -0.39 is 6.04 Å². The van der Waals surface area contributed by atoms with E-state index in [9.17, 15) is 9.18 Å². The number of benzene rings is 1. The first-order valence-electron chi connectivity index (χ1n) is 10.4. The van der Waals surface area contributed by atoms with Crippen LogP contribution in [0, 0.1) is 5.82 Å². The van der Waals surface area contributed by atoms with Crippen molar-refractivity contribution in [2.75, 3.05) is 22.9 Å². The van der Waals surface area contributed by atoms with E-state index in [-0.39, 0.29) is 18.3 Å². The monoisotopic (exact) mass is 421 g/mol. The molecule has 2 heterocycles. The third-order valence-electron chi connectivity index (χ3n) is 5.14. The van der Waals surface area contributed by atoms with Crippen LogP contribution >= 0.6 is 0 Å². The van der Waals surface area contributed by atoms with E-state index in [0.717, 1.165) is 30.0 Å². The van der Waals surface area contributed by atoms with Crippen molar-refractivity contribution < 1.29 is 9.18 Å². The van der Waals surface area contributed by atoms with E-state index in [4.69, 9.17) is 5.73 Å². The van der Waals surface area contributed by atoms with Crippen molar-refractivity contribution >= 4 is 17.4 Å². The fourth-order valence-electron chi connectivity index (χ4n) is 3.41. The Labute approximate surface area is 182 Å². The molecule has 0 bridgehead atoms. The zero-order valence-electron chi connectivity index (χ0n) is 17.9. The first kappa shape index (κ1) is 22.4. The number of nitrogens with zero attached hydrogens (tertiary/aromatic N) is 4. The van der Waals surface area contributed by atoms with Gasteiger partial charge < -0.3 is 15.5 Å². The fraction of sp³-hybridized carbons (Fsp3) is 0.292. The Morgan fingerprint density at radius 2 is 1.77 bits per heavy atom. The molecule has 2 aromatic heterocycles. The molecule has 6 nitrogen and oxygen atoms in total. The minimum absolute atomic E-state index is 0.247. The Kier molecular flexibility index (Phi) is 7.67. The van der Waals surface area contributed by atoms with Gasteiger partial charge in [0.2, 0.25) is 5.91 Å². The number of amides is 1. The van der Waals surface area contributed by atoms with Crippen molar-refractivity contribution in [2.45, 2.75) is 32.9 Å². The molecule has 0 saturated carbocycles. The summed E-state index contributed by atoms with van der Waals surface area (Å²) in [5, 5.41) is 0. The second-order valence-electron chi connectivity index (χ2n) is 7.27. The Morgan fingerprint density at radius 3 is 2.35 bits per heavy atom. The van der Waals surface area contributed by atoms with E-state index in [1.807, 2.05) is 24.3 Å². The molecule has 0 aliphatic rings. The highest BCUT2D eigenvalue weighted by molar-refractivity contribution is 5.97. The maximum Gasteiger partial charge on any atom is 0.244 e. The molecule has 3 aromatic rings. The predicted molar refractivity (Wildman–Crippen MR) is 121 cm³/mol. The highest BCUT2D eigenvalue weighted by Crippen LogP contribution is 2.20. The number of carbonyl (C=O) groups excluding carboxylic acids is 1. The van der Waals surface area contributed by atoms with Crippen LogP contribution in [-0.4, -0.2) is 35.0 Å². The van der Waals surface area contributed by atoms with Crippen molar-refractivity contribution in [2.24, 2.45) is 5.73 Å². The van der Waals surface area contributed by atoms with Crippen LogP contribution in [0.5, 0.6) is 0 Å². The Hall–Kier alpha value is -3.32. The van der Waals surface area contributed by atoms with Gasteiger partial charge in [0, 0.05) is 37.4 Å². The molecule has 31 heavy (non-hydrogen) atoms. The number of halogens is 1. The molecule has 0 radical (unpaired) electrons. The van der Waals surface area contributed by atoms with Gasteiger partial charge in [-0.05, 0) is 67.8 Å². The predicted octanol–water partition coefficient (Wildman–Crippen LogP) is 3.57. The molecule has 1 atom stereocenters. The number of pyridine rings is 2. The maximum atomic E-state index is 13.5. The number of carbonyl (C=O) groups is 1. The average molecular weight is 422 g/mol. The van der Waals surface area contributed by atoms with Crippen molar-refractivity contribution in [1.82, 2.24) is 9.97 Å². The topological polar surface area (TPSA) is 75.3 Å². The Balaban J connectivity index is 1.82. The van der Waals surface area contributed by atoms with E-state index in [1.165, 1.54) is 12.1 Å². The Morgan fingerprint density at radius 1 is 1.03 bits per heavy atom. The van der Waals surface area contributed by atoms with Crippen LogP contribution in [0.2, 0.25) is 0 Å². The van der Waals surface area contributed by atoms with E-state index in [0.29, 0.717) is 12.1 Å². The number of anilines is 2. The van der Waals surface area contributed by atoms with Gasteiger partial charge in [0.25, 0.3) is 0 Å². The zero-order chi connectivity index (χ0) is 22.2. The average Bonchev–Trinajstić information content (AvgIpc) is 2.80. The lowest BCUT2D eigenvalue weighted by atomic mass is 10.1. The molecule has 0 aliphatic carbocycles. The number of rotatable bonds is 9. The second kappa shape index (κ2) is 10.6. The van der Waals surface area contributed by atoms with Gasteiger partial charge in [-0.1, -0.05) is 12.1 Å². The first-order valence-corrected chi connectivity index (χ1v) is 10.4. The largest absolute Gasteiger partial charge is 0.357 e. The lowest BCUT2D eigenvalue weighted by Crippen LogP contribution is -2.45. The first-order chi connectivity index (χ1) is 15.0. The summed E-state index contributed by atoms with van der Waals surface area (Å²) < 4.78 is 13.5. The lowest BCUT2D eigenvalue weighted by molar-refractivity contribution is -0.120. The summed E-state index contributed by atoms with van der Waals surface area (Å²) in [6, 6.07) is 12.7. The van der Waals surface area contributed by atoms with E-state index in [2.05, 4.69) is 28.7 Å². The minimum atomic E-state index is -0.753. The molecule has 0 saturated heterocycles. The number of nitrogens with two attached hydrogens (primary N) is 1. The van der Waals surface area contributed by atoms with Gasteiger partial charge in [0.15, 0.2) is 0 Å². The van der Waals surface area contributed by atoms with Crippen LogP contribution in [0.25, 0.3) is 0 Å². The number of aromatic nitrogens is 2. The zero-order valence-corrected chi connectivity index (χ0v) is 17.9. The minimum Gasteiger partial charge on any atom is -0.357 e. The summed E-state index contributed by atoms with van der Waals surface area (Å²) in [5.41, 5.74) is 8.58. The molecular weight excluding hydrogens is 393 g/mol. The van der Waals surface area contributed by atoms with Crippen molar-refractivity contribution in [1.29, 1.82) is 0 Å². The molecule has 7 heteroatoms. The fourth-order valence-corrected chi connectivity index (χ4v) is 3.41. The smallest absolute Gasteiger partial charge is 0.244 e. The van der Waals surface area contributed by atoms with Crippen LogP contribution in [0.3, 0.4) is 0 Å². The van der Waals surface area contributed by atoms with Gasteiger partial charge in [-0.25, -0.2) is 9.37 Å². The molecule has 1 aromatic carbocycles. The SMILES string of the molecule is CCN(CC)c1ccc(CN(C(=O)[C@@H](N)Cc2cccnc2)c2ccc(F)cc2)cn1. The highest BCUT2D eigenvalue weighted by atomic mass is 19.1. The lowest BCUT2D eigenvalue weighted by Gasteiger charge is -2.26. The quantitative estimate of drug-likeness (QED) is 0.572. The van der Waals surface area contributed by atoms with Crippen molar-refractivity contribution in [3.05, 3.63) is 84.1 Å². The molecule has 0 unspecified atom stereocenters. The van der Waals surface area contributed by atoms with Gasteiger partial charge >= 0.3 is 0 Å². The second-order valence-corrected chi connectivity index (χ2v) is 7.27. The molecule has 2 N–H and O–H groups in total. The van der Waals surface area contributed by atoms with Crippen LogP contribution in [-0.2, 0) is 17.8 Å². The molecular formula is C24H28FN5O. The number of hydrogen-bond donors (Lipinski definition) is 1. The summed E-state index contributed by atoms with van der Waals surface area (Å²) in [7, 11) is 0. The van der Waals surface area contributed by atoms with E-state index >= 15 is 0 Å². The highest BCUT2D eigenvalue weighted by Gasteiger charge is 2.23. The molecule has 0 aliphatic heterocycles. The third kappa shape index (κ3) is 5.86. The van der Waals surface area contributed by atoms with Gasteiger partial charge in [-0.2, -0.15) is 0 Å². The molecule has 1 amide bonds. The van der Waals surface area contributed by atoms with Gasteiger partial charge in [0.05, 0.1) is 12.6 Å². The summed E-state index contributed by atoms with van der Waals surface area (Å²) in [5.74, 6) is 0.283. The molecule has 3 rings (SSSR count). The Bertz CT molecular complexity index is 960. The van der Waals surface area contributed by atoms with Gasteiger partial charge in [0.1, 0.15) is 11.6 Å². The van der Waals surface area contributed by atoms with E-state index in [1.54, 1.807) is 35.6 Å². The summed E-state index contributed by atoms with van der Waals surface area (Å²) in [4.78, 5) is 25.6. The summed E-state index contributed by atoms with van der Waals surface area (Å²) >= 11 is 0. The van der Waals surface area contributed by atoms with Crippen LogP contribution in [0.15, 0.2) is 67.1 Å². The number of hydrogen-bond acceptors (Lipinski definition) is 5. The van der Waals surface area contributed by atoms with Crippen LogP contribution in [0.4, 0.5) is 15.9 Å². The molecule has 162 valence electrons.